The van der Waals surface area contributed by atoms with Gasteiger partial charge in [-0.25, -0.2) is 0 Å². The van der Waals surface area contributed by atoms with Crippen molar-refractivity contribution in [2.24, 2.45) is 0 Å². The lowest BCUT2D eigenvalue weighted by molar-refractivity contribution is -0.274. The molecule has 0 radical (unpaired) electrons. The first kappa shape index (κ1) is 42.6. The van der Waals surface area contributed by atoms with Crippen LogP contribution in [-0.4, -0.2) is 78.3 Å². The number of anilines is 1. The van der Waals surface area contributed by atoms with Gasteiger partial charge in [0, 0.05) is 120 Å². The van der Waals surface area contributed by atoms with Gasteiger partial charge in [0.05, 0.1) is 5.54 Å². The van der Waals surface area contributed by atoms with E-state index in [1.54, 1.807) is 12.1 Å². The molecule has 59 heavy (non-hydrogen) atoms. The second-order valence-corrected chi connectivity index (χ2v) is 16.3. The van der Waals surface area contributed by atoms with Crippen LogP contribution in [-0.2, 0) is 26.2 Å². The van der Waals surface area contributed by atoms with Gasteiger partial charge in [-0.05, 0) is 91.5 Å². The number of nitrogens with zero attached hydrogens (tertiary/aromatic N) is 3. The number of halogens is 5. The molecule has 5 aromatic rings. The summed E-state index contributed by atoms with van der Waals surface area (Å²) >= 11 is 12.9. The average Bonchev–Trinajstić information content (AvgIpc) is 3.58. The Morgan fingerprint density at radius 1 is 0.915 bits per heavy atom. The van der Waals surface area contributed by atoms with Crippen LogP contribution in [0.1, 0.15) is 41.5 Å². The fourth-order valence-electron chi connectivity index (χ4n) is 8.20. The van der Waals surface area contributed by atoms with Crippen LogP contribution in [0.25, 0.3) is 22.0 Å². The molecule has 7 rings (SSSR count). The predicted molar refractivity (Wildman–Crippen MR) is 233 cm³/mol. The van der Waals surface area contributed by atoms with E-state index in [9.17, 15) is 13.2 Å². The number of piperazine rings is 1. The molecule has 0 bridgehead atoms. The highest BCUT2D eigenvalue weighted by Crippen LogP contribution is 2.35. The van der Waals surface area contributed by atoms with E-state index in [1.807, 2.05) is 36.4 Å². The molecule has 6 N–H and O–H groups in total. The normalized spacial score (nSPS) is 16.3. The second kappa shape index (κ2) is 18.8. The molecule has 0 atom stereocenters. The van der Waals surface area contributed by atoms with Gasteiger partial charge in [-0.3, -0.25) is 9.80 Å². The summed E-state index contributed by atoms with van der Waals surface area (Å²) in [6.07, 6.45) is 1.21. The number of nitrogens with two attached hydrogens (primary N) is 1. The van der Waals surface area contributed by atoms with Crippen LogP contribution >= 0.6 is 23.2 Å². The smallest absolute Gasteiger partial charge is 0.406 e. The van der Waals surface area contributed by atoms with Gasteiger partial charge in [-0.1, -0.05) is 66.2 Å². The number of nitrogens with one attached hydrogen (secondary N) is 4. The minimum atomic E-state index is -4.76. The number of hydrogen-bond donors (Lipinski definition) is 5. The Bertz CT molecular complexity index is 2230. The zero-order valence-electron chi connectivity index (χ0n) is 33.0. The van der Waals surface area contributed by atoms with E-state index in [4.69, 9.17) is 34.3 Å². The highest BCUT2D eigenvalue weighted by molar-refractivity contribution is 6.36. The molecule has 0 spiro atoms. The standard InChI is InChI=1S/C45H51Cl2F3N8O/c1-31(44(14-17-53-18-15-44)55-27-32-6-8-35(26-51)42(52)25-32)54-16-3-19-58-30-38(34-9-11-36(12-10-34)59-45(48,49)50)37-24-33(7-13-43(37)58)28-56-20-22-57(23-21-56)29-39-40(46)4-2-5-41(39)47/h2,4-13,24-26,30,51,53-55H,1,3,14-23,27-29,52H2. The Morgan fingerprint density at radius 2 is 1.59 bits per heavy atom. The lowest BCUT2D eigenvalue weighted by atomic mass is 9.85. The first-order valence-electron chi connectivity index (χ1n) is 20.0. The number of piperidine rings is 1. The van der Waals surface area contributed by atoms with E-state index in [0.29, 0.717) is 40.9 Å². The van der Waals surface area contributed by atoms with Crippen LogP contribution in [0.15, 0.2) is 97.3 Å². The zero-order valence-corrected chi connectivity index (χ0v) is 34.5. The summed E-state index contributed by atoms with van der Waals surface area (Å²) in [6.45, 7) is 13.4. The highest BCUT2D eigenvalue weighted by atomic mass is 35.5. The first-order chi connectivity index (χ1) is 28.4. The number of ether oxygens (including phenoxy) is 1. The topological polar surface area (TPSA) is 107 Å². The van der Waals surface area contributed by atoms with Gasteiger partial charge in [0.25, 0.3) is 0 Å². The number of benzene rings is 4. The van der Waals surface area contributed by atoms with Crippen LogP contribution in [0.2, 0.25) is 10.0 Å². The Kier molecular flexibility index (Phi) is 13.6. The number of fused-ring (bicyclic) bond motifs is 1. The molecule has 2 saturated heterocycles. The summed E-state index contributed by atoms with van der Waals surface area (Å²) in [4.78, 5) is 4.82. The van der Waals surface area contributed by atoms with Crippen LogP contribution in [0.4, 0.5) is 18.9 Å². The molecule has 0 aliphatic carbocycles. The van der Waals surface area contributed by atoms with E-state index >= 15 is 0 Å². The third-order valence-corrected chi connectivity index (χ3v) is 12.3. The summed E-state index contributed by atoms with van der Waals surface area (Å²) in [5.41, 5.74) is 14.1. The summed E-state index contributed by atoms with van der Waals surface area (Å²) in [5, 5.41) is 20.8. The molecular weight excluding hydrogens is 796 g/mol. The van der Waals surface area contributed by atoms with Gasteiger partial charge in [0.2, 0.25) is 0 Å². The molecular formula is C45H51Cl2F3N8O. The van der Waals surface area contributed by atoms with Crippen molar-refractivity contribution in [1.29, 1.82) is 5.41 Å². The lowest BCUT2D eigenvalue weighted by Crippen LogP contribution is -2.55. The molecule has 312 valence electrons. The molecule has 0 unspecified atom stereocenters. The summed E-state index contributed by atoms with van der Waals surface area (Å²) in [7, 11) is 0. The lowest BCUT2D eigenvalue weighted by Gasteiger charge is -2.41. The van der Waals surface area contributed by atoms with E-state index < -0.39 is 6.36 Å². The molecule has 9 nitrogen and oxygen atoms in total. The van der Waals surface area contributed by atoms with Crippen molar-refractivity contribution in [3.63, 3.8) is 0 Å². The van der Waals surface area contributed by atoms with Gasteiger partial charge >= 0.3 is 6.36 Å². The molecule has 0 saturated carbocycles. The minimum absolute atomic E-state index is 0.251. The molecule has 2 aliphatic heterocycles. The van der Waals surface area contributed by atoms with E-state index in [0.717, 1.165) is 110 Å². The van der Waals surface area contributed by atoms with Crippen molar-refractivity contribution < 1.29 is 17.9 Å². The number of aromatic nitrogens is 1. The molecule has 2 aliphatic rings. The second-order valence-electron chi connectivity index (χ2n) is 15.5. The van der Waals surface area contributed by atoms with Crippen LogP contribution in [0.3, 0.4) is 0 Å². The Hall–Kier alpha value is -4.56. The fourth-order valence-corrected chi connectivity index (χ4v) is 8.72. The van der Waals surface area contributed by atoms with Gasteiger partial charge in [0.15, 0.2) is 0 Å². The largest absolute Gasteiger partial charge is 0.573 e. The van der Waals surface area contributed by atoms with Crippen LogP contribution in [0, 0.1) is 5.41 Å². The highest BCUT2D eigenvalue weighted by Gasteiger charge is 2.34. The number of alkyl halides is 3. The summed E-state index contributed by atoms with van der Waals surface area (Å²) in [6, 6.07) is 24.1. The quantitative estimate of drug-likeness (QED) is 0.0384. The minimum Gasteiger partial charge on any atom is -0.406 e. The Labute approximate surface area is 353 Å². The predicted octanol–water partition coefficient (Wildman–Crippen LogP) is 8.82. The van der Waals surface area contributed by atoms with Crippen molar-refractivity contribution in [2.75, 3.05) is 51.5 Å². The van der Waals surface area contributed by atoms with Crippen molar-refractivity contribution >= 4 is 46.0 Å². The Balaban J connectivity index is 1.03. The van der Waals surface area contributed by atoms with Gasteiger partial charge in [0.1, 0.15) is 5.75 Å². The third-order valence-electron chi connectivity index (χ3n) is 11.5. The average molecular weight is 848 g/mol. The van der Waals surface area contributed by atoms with Gasteiger partial charge in [-0.2, -0.15) is 0 Å². The zero-order chi connectivity index (χ0) is 41.6. The molecule has 1 aromatic heterocycles. The number of rotatable bonds is 16. The Morgan fingerprint density at radius 3 is 2.25 bits per heavy atom. The molecule has 4 aromatic carbocycles. The maximum atomic E-state index is 13.0. The molecule has 14 heteroatoms. The third kappa shape index (κ3) is 10.6. The van der Waals surface area contributed by atoms with E-state index in [2.05, 4.69) is 66.0 Å². The summed E-state index contributed by atoms with van der Waals surface area (Å²) < 4.78 is 45.3. The van der Waals surface area contributed by atoms with Crippen LogP contribution in [0.5, 0.6) is 5.75 Å². The maximum Gasteiger partial charge on any atom is 0.573 e. The first-order valence-corrected chi connectivity index (χ1v) is 20.8. The number of nitrogen functional groups attached to an aromatic ring is 1. The van der Waals surface area contributed by atoms with Crippen molar-refractivity contribution in [3.05, 3.63) is 130 Å². The molecule has 2 fully saturated rings. The maximum absolute atomic E-state index is 13.0. The van der Waals surface area contributed by atoms with Crippen molar-refractivity contribution in [2.45, 2.75) is 57.3 Å². The SMILES string of the molecule is C=C(NCCCn1cc(-c2ccc(OC(F)(F)F)cc2)c2cc(CN3CCN(Cc4c(Cl)cccc4Cl)CC3)ccc21)C1(NCc2ccc(C=N)c(N)c2)CCNCC1. The van der Waals surface area contributed by atoms with E-state index in [1.165, 1.54) is 23.9 Å². The van der Waals surface area contributed by atoms with E-state index in [-0.39, 0.29) is 11.3 Å². The van der Waals surface area contributed by atoms with Crippen molar-refractivity contribution in [3.8, 4) is 16.9 Å². The molecule has 3 heterocycles. The number of aryl methyl sites for hydroxylation is 1. The number of hydrogen-bond acceptors (Lipinski definition) is 8. The van der Waals surface area contributed by atoms with Gasteiger partial charge in [-0.15, -0.1) is 13.2 Å². The molecule has 0 amide bonds. The van der Waals surface area contributed by atoms with Crippen molar-refractivity contribution in [1.82, 2.24) is 30.3 Å². The fraction of sp³-hybridized carbons (Fsp3) is 0.356. The summed E-state index contributed by atoms with van der Waals surface area (Å²) in [5.74, 6) is -0.251. The van der Waals surface area contributed by atoms with Gasteiger partial charge < -0.3 is 36.4 Å². The van der Waals surface area contributed by atoms with Crippen LogP contribution < -0.4 is 26.4 Å². The monoisotopic (exact) mass is 846 g/mol.